The highest BCUT2D eigenvalue weighted by atomic mass is 127. The maximum atomic E-state index is 5.30. The smallest absolute Gasteiger partial charge is 0.222 e. The molecule has 0 saturated heterocycles. The van der Waals surface area contributed by atoms with E-state index in [1.807, 2.05) is 0 Å². The number of hydrogen-bond acceptors (Lipinski definition) is 3. The van der Waals surface area contributed by atoms with Crippen LogP contribution in [0.15, 0.2) is 0 Å². The Labute approximate surface area is 69.0 Å². The Hall–Kier alpha value is 0.610. The van der Waals surface area contributed by atoms with Crippen molar-refractivity contribution in [3.8, 4) is 0 Å². The first-order valence-corrected chi connectivity index (χ1v) is 3.75. The summed E-state index contributed by atoms with van der Waals surface area (Å²) in [5.41, 5.74) is 5.30. The minimum atomic E-state index is -0.521. The highest BCUT2D eigenvalue weighted by molar-refractivity contribution is 14.1. The van der Waals surface area contributed by atoms with Crippen LogP contribution >= 0.6 is 22.6 Å². The average molecular weight is 245 g/mol. The molecule has 2 N–H and O–H groups in total. The van der Waals surface area contributed by atoms with E-state index in [9.17, 15) is 0 Å². The highest BCUT2D eigenvalue weighted by Gasteiger charge is 2.23. The van der Waals surface area contributed by atoms with Crippen molar-refractivity contribution in [2.75, 3.05) is 20.8 Å². The van der Waals surface area contributed by atoms with Gasteiger partial charge in [0.2, 0.25) is 3.79 Å². The molecule has 0 amide bonds. The van der Waals surface area contributed by atoms with Crippen LogP contribution in [-0.2, 0) is 9.47 Å². The van der Waals surface area contributed by atoms with Gasteiger partial charge in [-0.25, -0.2) is 0 Å². The Morgan fingerprint density at radius 3 is 2.00 bits per heavy atom. The Kier molecular flexibility index (Phi) is 4.73. The zero-order chi connectivity index (χ0) is 7.33. The fourth-order valence-corrected chi connectivity index (χ4v) is 0.771. The minimum absolute atomic E-state index is 0.521. The third-order valence-corrected chi connectivity index (χ3v) is 2.47. The molecule has 0 unspecified atom stereocenters. The van der Waals surface area contributed by atoms with E-state index in [0.29, 0.717) is 13.0 Å². The van der Waals surface area contributed by atoms with Gasteiger partial charge in [0.25, 0.3) is 0 Å². The van der Waals surface area contributed by atoms with Crippen molar-refractivity contribution in [3.63, 3.8) is 0 Å². The summed E-state index contributed by atoms with van der Waals surface area (Å²) in [5, 5.41) is 0. The van der Waals surface area contributed by atoms with E-state index in [1.165, 1.54) is 0 Å². The van der Waals surface area contributed by atoms with Gasteiger partial charge in [0, 0.05) is 20.6 Å². The molecule has 0 fully saturated rings. The molecule has 0 aromatic rings. The third-order valence-electron chi connectivity index (χ3n) is 1.05. The molecular formula is C5H12INO2. The first kappa shape index (κ1) is 9.61. The summed E-state index contributed by atoms with van der Waals surface area (Å²) >= 11 is 2.08. The Bertz CT molecular complexity index is 75.4. The Morgan fingerprint density at radius 2 is 1.89 bits per heavy atom. The Morgan fingerprint density at radius 1 is 1.44 bits per heavy atom. The van der Waals surface area contributed by atoms with Crippen molar-refractivity contribution in [2.24, 2.45) is 5.73 Å². The van der Waals surface area contributed by atoms with Crippen LogP contribution in [0.5, 0.6) is 0 Å². The summed E-state index contributed by atoms with van der Waals surface area (Å²) in [5.74, 6) is 0. The van der Waals surface area contributed by atoms with Gasteiger partial charge in [0.15, 0.2) is 0 Å². The van der Waals surface area contributed by atoms with Gasteiger partial charge in [0.1, 0.15) is 0 Å². The average Bonchev–Trinajstić information content (AvgIpc) is 1.89. The first-order valence-electron chi connectivity index (χ1n) is 2.68. The van der Waals surface area contributed by atoms with Crippen LogP contribution < -0.4 is 5.73 Å². The second-order valence-corrected chi connectivity index (χ2v) is 3.25. The van der Waals surface area contributed by atoms with E-state index in [0.717, 1.165) is 0 Å². The number of ether oxygens (including phenoxy) is 2. The lowest BCUT2D eigenvalue weighted by Gasteiger charge is -2.22. The molecule has 0 radical (unpaired) electrons. The summed E-state index contributed by atoms with van der Waals surface area (Å²) in [4.78, 5) is 0. The van der Waals surface area contributed by atoms with Gasteiger partial charge in [-0.15, -0.1) is 0 Å². The van der Waals surface area contributed by atoms with Crippen LogP contribution in [-0.4, -0.2) is 24.6 Å². The van der Waals surface area contributed by atoms with Crippen molar-refractivity contribution in [1.29, 1.82) is 0 Å². The van der Waals surface area contributed by atoms with Crippen LogP contribution in [0.4, 0.5) is 0 Å². The monoisotopic (exact) mass is 245 g/mol. The van der Waals surface area contributed by atoms with Crippen LogP contribution in [0.2, 0.25) is 0 Å². The number of halogens is 1. The van der Waals surface area contributed by atoms with Gasteiger partial charge in [-0.05, 0) is 29.1 Å². The predicted molar refractivity (Wildman–Crippen MR) is 44.4 cm³/mol. The maximum Gasteiger partial charge on any atom is 0.222 e. The third kappa shape index (κ3) is 3.34. The molecule has 0 bridgehead atoms. The molecule has 0 aliphatic rings. The van der Waals surface area contributed by atoms with Crippen LogP contribution in [0.3, 0.4) is 0 Å². The molecule has 0 saturated carbocycles. The van der Waals surface area contributed by atoms with Crippen LogP contribution in [0, 0.1) is 0 Å². The molecule has 0 rings (SSSR count). The molecule has 3 nitrogen and oxygen atoms in total. The number of rotatable bonds is 4. The van der Waals surface area contributed by atoms with E-state index in [1.54, 1.807) is 14.2 Å². The number of alkyl halides is 1. The summed E-state index contributed by atoms with van der Waals surface area (Å²) in [7, 11) is 3.21. The molecule has 0 spiro atoms. The van der Waals surface area contributed by atoms with E-state index in [-0.39, 0.29) is 0 Å². The Balaban J connectivity index is 3.62. The fourth-order valence-electron chi connectivity index (χ4n) is 0.460. The quantitative estimate of drug-likeness (QED) is 0.451. The molecular weight excluding hydrogens is 233 g/mol. The molecule has 0 aliphatic heterocycles. The molecule has 0 aliphatic carbocycles. The van der Waals surface area contributed by atoms with E-state index in [2.05, 4.69) is 22.6 Å². The standard InChI is InChI=1S/C5H12INO2/c1-8-5(6,9-2)3-4-7/h3-4,7H2,1-2H3. The van der Waals surface area contributed by atoms with Gasteiger partial charge in [0.05, 0.1) is 0 Å². The van der Waals surface area contributed by atoms with Crippen LogP contribution in [0.1, 0.15) is 6.42 Å². The summed E-state index contributed by atoms with van der Waals surface area (Å²) in [6, 6.07) is 0. The molecule has 56 valence electrons. The first-order chi connectivity index (χ1) is 4.18. The molecule has 0 heterocycles. The van der Waals surface area contributed by atoms with Crippen molar-refractivity contribution < 1.29 is 9.47 Å². The zero-order valence-electron chi connectivity index (χ0n) is 5.69. The topological polar surface area (TPSA) is 44.5 Å². The van der Waals surface area contributed by atoms with Gasteiger partial charge < -0.3 is 15.2 Å². The van der Waals surface area contributed by atoms with Gasteiger partial charge in [-0.3, -0.25) is 0 Å². The summed E-state index contributed by atoms with van der Waals surface area (Å²) in [6.45, 7) is 0.574. The van der Waals surface area contributed by atoms with Gasteiger partial charge >= 0.3 is 0 Å². The maximum absolute atomic E-state index is 5.30. The SMILES string of the molecule is COC(I)(CCN)OC. The number of hydrogen-bond donors (Lipinski definition) is 1. The molecule has 0 aromatic carbocycles. The lowest BCUT2D eigenvalue weighted by atomic mass is 10.4. The lowest BCUT2D eigenvalue weighted by Crippen LogP contribution is -2.28. The van der Waals surface area contributed by atoms with E-state index < -0.39 is 3.79 Å². The van der Waals surface area contributed by atoms with E-state index >= 15 is 0 Å². The summed E-state index contributed by atoms with van der Waals surface area (Å²) in [6.07, 6.45) is 0.709. The van der Waals surface area contributed by atoms with Crippen LogP contribution in [0.25, 0.3) is 0 Å². The summed E-state index contributed by atoms with van der Waals surface area (Å²) < 4.78 is 9.50. The lowest BCUT2D eigenvalue weighted by molar-refractivity contribution is -0.120. The van der Waals surface area contributed by atoms with Crippen molar-refractivity contribution >= 4 is 22.6 Å². The second kappa shape index (κ2) is 4.43. The van der Waals surface area contributed by atoms with Crippen molar-refractivity contribution in [1.82, 2.24) is 0 Å². The molecule has 0 aromatic heterocycles. The van der Waals surface area contributed by atoms with Gasteiger partial charge in [-0.1, -0.05) is 0 Å². The van der Waals surface area contributed by atoms with Crippen molar-refractivity contribution in [3.05, 3.63) is 0 Å². The highest BCUT2D eigenvalue weighted by Crippen LogP contribution is 2.23. The predicted octanol–water partition coefficient (Wildman–Crippen LogP) is 0.717. The fraction of sp³-hybridized carbons (Fsp3) is 1.00. The molecule has 4 heteroatoms. The largest absolute Gasteiger partial charge is 0.345 e. The zero-order valence-corrected chi connectivity index (χ0v) is 7.84. The number of nitrogens with two attached hydrogens (primary N) is 1. The normalized spacial score (nSPS) is 12.0. The minimum Gasteiger partial charge on any atom is -0.345 e. The molecule has 0 atom stereocenters. The van der Waals surface area contributed by atoms with E-state index in [4.69, 9.17) is 15.2 Å². The second-order valence-electron chi connectivity index (χ2n) is 1.61. The molecule has 9 heavy (non-hydrogen) atoms. The van der Waals surface area contributed by atoms with Gasteiger partial charge in [-0.2, -0.15) is 0 Å². The number of methoxy groups -OCH3 is 2. The van der Waals surface area contributed by atoms with Crippen molar-refractivity contribution in [2.45, 2.75) is 10.2 Å².